The van der Waals surface area contributed by atoms with E-state index in [0.29, 0.717) is 6.54 Å². The molecule has 0 saturated carbocycles. The molecular weight excluding hydrogens is 428 g/mol. The summed E-state index contributed by atoms with van der Waals surface area (Å²) < 4.78 is 3.04. The molecule has 5 nitrogen and oxygen atoms in total. The fourth-order valence-electron chi connectivity index (χ4n) is 3.58. The van der Waals surface area contributed by atoms with E-state index in [1.54, 1.807) is 6.20 Å². The lowest BCUT2D eigenvalue weighted by Gasteiger charge is -2.18. The van der Waals surface area contributed by atoms with Gasteiger partial charge >= 0.3 is 6.03 Å². The van der Waals surface area contributed by atoms with Crippen molar-refractivity contribution in [2.24, 2.45) is 7.05 Å². The van der Waals surface area contributed by atoms with Crippen LogP contribution in [0, 0.1) is 0 Å². The third-order valence-electron chi connectivity index (χ3n) is 4.94. The van der Waals surface area contributed by atoms with Crippen LogP contribution in [0.5, 0.6) is 0 Å². The number of para-hydroxylation sites is 1. The van der Waals surface area contributed by atoms with Gasteiger partial charge in [0, 0.05) is 59.2 Å². The number of aromatic nitrogens is 2. The summed E-state index contributed by atoms with van der Waals surface area (Å²) in [6.07, 6.45) is 5.76. The topological polar surface area (TPSA) is 59.0 Å². The number of rotatable bonds is 5. The minimum absolute atomic E-state index is 0.0111. The zero-order valence-corrected chi connectivity index (χ0v) is 17.6. The minimum Gasteiger partial charge on any atom is -0.350 e. The summed E-state index contributed by atoms with van der Waals surface area (Å²) >= 11 is 3.42. The molecule has 0 saturated heterocycles. The van der Waals surface area contributed by atoms with Crippen LogP contribution in [-0.2, 0) is 7.05 Å². The van der Waals surface area contributed by atoms with Crippen LogP contribution in [0.3, 0.4) is 0 Å². The van der Waals surface area contributed by atoms with Gasteiger partial charge in [0.25, 0.3) is 0 Å². The Kier molecular flexibility index (Phi) is 5.62. The average molecular weight is 449 g/mol. The third kappa shape index (κ3) is 4.32. The number of fused-ring (bicyclic) bond motifs is 1. The van der Waals surface area contributed by atoms with Crippen molar-refractivity contribution >= 4 is 38.6 Å². The van der Waals surface area contributed by atoms with Crippen molar-refractivity contribution in [2.75, 3.05) is 11.9 Å². The van der Waals surface area contributed by atoms with E-state index >= 15 is 0 Å². The summed E-state index contributed by atoms with van der Waals surface area (Å²) in [6.45, 7) is 0.458. The van der Waals surface area contributed by atoms with Gasteiger partial charge in [0.05, 0.1) is 0 Å². The van der Waals surface area contributed by atoms with Gasteiger partial charge in [-0.2, -0.15) is 0 Å². The Labute approximate surface area is 177 Å². The number of amides is 2. The molecule has 0 aliphatic carbocycles. The number of carbonyl (C=O) groups is 1. The molecule has 2 aromatic heterocycles. The van der Waals surface area contributed by atoms with Crippen LogP contribution in [-0.4, -0.2) is 22.1 Å². The lowest BCUT2D eigenvalue weighted by molar-refractivity contribution is 0.252. The van der Waals surface area contributed by atoms with Crippen LogP contribution in [0.1, 0.15) is 17.0 Å². The molecule has 1 atom stereocenters. The van der Waals surface area contributed by atoms with Crippen molar-refractivity contribution in [3.63, 3.8) is 0 Å². The van der Waals surface area contributed by atoms with E-state index in [4.69, 9.17) is 0 Å². The van der Waals surface area contributed by atoms with Crippen molar-refractivity contribution in [1.82, 2.24) is 14.9 Å². The largest absolute Gasteiger partial charge is 0.350 e. The first-order chi connectivity index (χ1) is 14.1. The molecule has 2 N–H and O–H groups in total. The van der Waals surface area contributed by atoms with Gasteiger partial charge in [-0.05, 0) is 41.5 Å². The highest BCUT2D eigenvalue weighted by Crippen LogP contribution is 2.31. The quantitative estimate of drug-likeness (QED) is 0.435. The lowest BCUT2D eigenvalue weighted by Crippen LogP contribution is -2.32. The molecule has 0 aliphatic heterocycles. The van der Waals surface area contributed by atoms with Gasteiger partial charge < -0.3 is 15.2 Å². The smallest absolute Gasteiger partial charge is 0.319 e. The van der Waals surface area contributed by atoms with Crippen molar-refractivity contribution in [1.29, 1.82) is 0 Å². The maximum Gasteiger partial charge on any atom is 0.319 e. The number of nitrogens with one attached hydrogen (secondary N) is 2. The van der Waals surface area contributed by atoms with Gasteiger partial charge in [-0.1, -0.05) is 46.3 Å². The first-order valence-corrected chi connectivity index (χ1v) is 10.2. The molecule has 0 spiro atoms. The Morgan fingerprint density at radius 1 is 1.14 bits per heavy atom. The number of pyridine rings is 1. The predicted molar refractivity (Wildman–Crippen MR) is 120 cm³/mol. The number of hydrogen-bond acceptors (Lipinski definition) is 2. The fourth-order valence-corrected chi connectivity index (χ4v) is 3.98. The summed E-state index contributed by atoms with van der Waals surface area (Å²) in [7, 11) is 2.04. The Balaban J connectivity index is 1.59. The molecule has 0 fully saturated rings. The Bertz CT molecular complexity index is 1140. The molecular formula is C23H21BrN4O. The summed E-state index contributed by atoms with van der Waals surface area (Å²) in [5.74, 6) is -0.0111. The number of halogens is 1. The summed E-state index contributed by atoms with van der Waals surface area (Å²) in [5.41, 5.74) is 4.13. The standard InChI is InChI=1S/C23H21BrN4O/c1-28-15-21(19-9-2-3-10-22(19)28)20(16-6-5-11-25-13-16)14-26-23(29)27-18-8-4-7-17(24)12-18/h2-13,15,20H,14H2,1H3,(H2,26,27,29)/t20-/m1/s1. The average Bonchev–Trinajstić information content (AvgIpc) is 3.06. The molecule has 0 radical (unpaired) electrons. The summed E-state index contributed by atoms with van der Waals surface area (Å²) in [4.78, 5) is 16.8. The molecule has 2 heterocycles. The van der Waals surface area contributed by atoms with Crippen LogP contribution in [0.2, 0.25) is 0 Å². The van der Waals surface area contributed by atoms with Gasteiger partial charge in [0.15, 0.2) is 0 Å². The number of hydrogen-bond donors (Lipinski definition) is 2. The normalized spacial score (nSPS) is 11.9. The molecule has 146 valence electrons. The number of benzene rings is 2. The highest BCUT2D eigenvalue weighted by atomic mass is 79.9. The molecule has 0 bridgehead atoms. The molecule has 2 amide bonds. The van der Waals surface area contributed by atoms with Gasteiger partial charge in [0.1, 0.15) is 0 Å². The van der Waals surface area contributed by atoms with E-state index in [-0.39, 0.29) is 11.9 Å². The van der Waals surface area contributed by atoms with E-state index in [1.807, 2.05) is 61.8 Å². The summed E-state index contributed by atoms with van der Waals surface area (Å²) in [5, 5.41) is 7.08. The van der Waals surface area contributed by atoms with Gasteiger partial charge in [-0.25, -0.2) is 4.79 Å². The first-order valence-electron chi connectivity index (χ1n) is 9.36. The monoisotopic (exact) mass is 448 g/mol. The van der Waals surface area contributed by atoms with Crippen molar-refractivity contribution in [3.8, 4) is 0 Å². The van der Waals surface area contributed by atoms with Crippen molar-refractivity contribution in [3.05, 3.63) is 94.9 Å². The highest BCUT2D eigenvalue weighted by Gasteiger charge is 2.20. The third-order valence-corrected chi connectivity index (χ3v) is 5.43. The van der Waals surface area contributed by atoms with Crippen LogP contribution >= 0.6 is 15.9 Å². The fraction of sp³-hybridized carbons (Fsp3) is 0.130. The number of urea groups is 1. The van der Waals surface area contributed by atoms with E-state index in [9.17, 15) is 4.79 Å². The Morgan fingerprint density at radius 3 is 2.79 bits per heavy atom. The highest BCUT2D eigenvalue weighted by molar-refractivity contribution is 9.10. The number of aryl methyl sites for hydroxylation is 1. The van der Waals surface area contributed by atoms with Crippen molar-refractivity contribution < 1.29 is 4.79 Å². The van der Waals surface area contributed by atoms with Gasteiger partial charge in [-0.15, -0.1) is 0 Å². The van der Waals surface area contributed by atoms with Gasteiger partial charge in [0.2, 0.25) is 0 Å². The van der Waals surface area contributed by atoms with E-state index in [0.717, 1.165) is 21.2 Å². The zero-order chi connectivity index (χ0) is 20.2. The molecule has 6 heteroatoms. The molecule has 29 heavy (non-hydrogen) atoms. The maximum atomic E-state index is 12.5. The second-order valence-electron chi connectivity index (χ2n) is 6.90. The SMILES string of the molecule is Cn1cc([C@H](CNC(=O)Nc2cccc(Br)c2)c2cccnc2)c2ccccc21. The lowest BCUT2D eigenvalue weighted by atomic mass is 9.92. The van der Waals surface area contributed by atoms with E-state index in [1.165, 1.54) is 10.9 Å². The van der Waals surface area contributed by atoms with Crippen LogP contribution in [0.15, 0.2) is 83.7 Å². The second-order valence-corrected chi connectivity index (χ2v) is 7.81. The predicted octanol–water partition coefficient (Wildman–Crippen LogP) is 5.29. The second kappa shape index (κ2) is 8.49. The van der Waals surface area contributed by atoms with Gasteiger partial charge in [-0.3, -0.25) is 4.98 Å². The van der Waals surface area contributed by atoms with E-state index < -0.39 is 0 Å². The Morgan fingerprint density at radius 2 is 2.00 bits per heavy atom. The number of nitrogens with zero attached hydrogens (tertiary/aromatic N) is 2. The number of anilines is 1. The molecule has 2 aromatic carbocycles. The van der Waals surface area contributed by atoms with Crippen molar-refractivity contribution in [2.45, 2.75) is 5.92 Å². The van der Waals surface area contributed by atoms with E-state index in [2.05, 4.69) is 54.4 Å². The molecule has 0 unspecified atom stereocenters. The number of carbonyl (C=O) groups excluding carboxylic acids is 1. The Hall–Kier alpha value is -3.12. The first kappa shape index (κ1) is 19.2. The zero-order valence-electron chi connectivity index (χ0n) is 16.0. The van der Waals surface area contributed by atoms with Crippen LogP contribution < -0.4 is 10.6 Å². The molecule has 4 aromatic rings. The van der Waals surface area contributed by atoms with Crippen LogP contribution in [0.4, 0.5) is 10.5 Å². The minimum atomic E-state index is -0.239. The summed E-state index contributed by atoms with van der Waals surface area (Å²) in [6, 6.07) is 19.6. The maximum absolute atomic E-state index is 12.5. The molecule has 4 rings (SSSR count). The van der Waals surface area contributed by atoms with Crippen LogP contribution in [0.25, 0.3) is 10.9 Å². The molecule has 0 aliphatic rings.